The predicted molar refractivity (Wildman–Crippen MR) is 110 cm³/mol. The number of H-pyrrole nitrogens is 1. The van der Waals surface area contributed by atoms with Gasteiger partial charge in [0.05, 0.1) is 4.90 Å². The van der Waals surface area contributed by atoms with E-state index in [4.69, 9.17) is 4.42 Å². The summed E-state index contributed by atoms with van der Waals surface area (Å²) in [6.07, 6.45) is 0. The van der Waals surface area contributed by atoms with E-state index in [0.717, 1.165) is 10.2 Å². The van der Waals surface area contributed by atoms with Crippen molar-refractivity contribution < 1.29 is 17.6 Å². The smallest absolute Gasteiger partial charge is 0.274 e. The fourth-order valence-electron chi connectivity index (χ4n) is 3.19. The van der Waals surface area contributed by atoms with E-state index >= 15 is 0 Å². The molecular formula is C19H19BrN4O4S. The van der Waals surface area contributed by atoms with Gasteiger partial charge in [-0.05, 0) is 43.3 Å². The Morgan fingerprint density at radius 1 is 1.10 bits per heavy atom. The zero-order valence-electron chi connectivity index (χ0n) is 15.6. The zero-order valence-corrected chi connectivity index (χ0v) is 18.0. The molecule has 1 aliphatic heterocycles. The Morgan fingerprint density at radius 2 is 1.79 bits per heavy atom. The monoisotopic (exact) mass is 478 g/mol. The maximum atomic E-state index is 12.8. The van der Waals surface area contributed by atoms with E-state index in [1.54, 1.807) is 35.2 Å². The average Bonchev–Trinajstić information content (AvgIpc) is 3.37. The number of carbonyl (C=O) groups is 1. The second-order valence-corrected chi connectivity index (χ2v) is 9.58. The summed E-state index contributed by atoms with van der Waals surface area (Å²) in [5.41, 5.74) is 0.899. The molecule has 1 N–H and O–H groups in total. The number of nitrogens with zero attached hydrogens (tertiary/aromatic N) is 3. The van der Waals surface area contributed by atoms with Gasteiger partial charge in [-0.25, -0.2) is 8.42 Å². The number of benzene rings is 1. The molecule has 2 aromatic heterocycles. The molecule has 3 heterocycles. The molecule has 4 rings (SSSR count). The molecule has 3 aromatic rings. The minimum atomic E-state index is -3.58. The van der Waals surface area contributed by atoms with Crippen LogP contribution in [0, 0.1) is 6.92 Å². The van der Waals surface area contributed by atoms with E-state index in [9.17, 15) is 13.2 Å². The molecule has 0 unspecified atom stereocenters. The van der Waals surface area contributed by atoms with Crippen LogP contribution >= 0.6 is 15.9 Å². The standard InChI is InChI=1S/C19H19BrN4O4S/c1-13-2-7-18(28-13)16-12-17(22-21-16)19(25)23-8-10-24(11-9-23)29(26,27)15-5-3-14(20)4-6-15/h2-7,12H,8-11H2,1H3,(H,21,22). The summed E-state index contributed by atoms with van der Waals surface area (Å²) >= 11 is 3.30. The zero-order chi connectivity index (χ0) is 20.6. The first-order valence-electron chi connectivity index (χ1n) is 9.02. The molecular weight excluding hydrogens is 460 g/mol. The van der Waals surface area contributed by atoms with Crippen LogP contribution in [0.3, 0.4) is 0 Å². The molecule has 0 saturated carbocycles. The van der Waals surface area contributed by atoms with Gasteiger partial charge in [0, 0.05) is 36.7 Å². The Balaban J connectivity index is 1.42. The van der Waals surface area contributed by atoms with Crippen LogP contribution < -0.4 is 0 Å². The first-order chi connectivity index (χ1) is 13.8. The first-order valence-corrected chi connectivity index (χ1v) is 11.2. The molecule has 152 valence electrons. The van der Waals surface area contributed by atoms with Gasteiger partial charge in [0.25, 0.3) is 5.91 Å². The van der Waals surface area contributed by atoms with Gasteiger partial charge in [-0.1, -0.05) is 15.9 Å². The van der Waals surface area contributed by atoms with Gasteiger partial charge < -0.3 is 9.32 Å². The van der Waals surface area contributed by atoms with Crippen molar-refractivity contribution in [2.75, 3.05) is 26.2 Å². The van der Waals surface area contributed by atoms with Gasteiger partial charge in [0.15, 0.2) is 11.5 Å². The summed E-state index contributed by atoms with van der Waals surface area (Å²) in [5, 5.41) is 6.90. The number of furan rings is 1. The molecule has 0 aliphatic carbocycles. The lowest BCUT2D eigenvalue weighted by atomic mass is 10.2. The molecule has 29 heavy (non-hydrogen) atoms. The number of sulfonamides is 1. The number of aromatic nitrogens is 2. The fourth-order valence-corrected chi connectivity index (χ4v) is 4.87. The van der Waals surface area contributed by atoms with Crippen LogP contribution in [0.25, 0.3) is 11.5 Å². The normalized spacial score (nSPS) is 15.6. The maximum absolute atomic E-state index is 12.8. The van der Waals surface area contributed by atoms with E-state index in [1.807, 2.05) is 19.1 Å². The largest absolute Gasteiger partial charge is 0.460 e. The van der Waals surface area contributed by atoms with Gasteiger partial charge in [-0.15, -0.1) is 0 Å². The Hall–Kier alpha value is -2.43. The number of hydrogen-bond acceptors (Lipinski definition) is 5. The van der Waals surface area contributed by atoms with Crippen molar-refractivity contribution >= 4 is 31.9 Å². The van der Waals surface area contributed by atoms with Crippen molar-refractivity contribution in [3.05, 3.63) is 58.4 Å². The number of rotatable bonds is 4. The number of aryl methyl sites for hydroxylation is 1. The van der Waals surface area contributed by atoms with E-state index in [1.165, 1.54) is 4.31 Å². The van der Waals surface area contributed by atoms with Crippen LogP contribution in [0.1, 0.15) is 16.2 Å². The molecule has 0 atom stereocenters. The minimum absolute atomic E-state index is 0.235. The summed E-state index contributed by atoms with van der Waals surface area (Å²) in [6.45, 7) is 2.92. The number of aromatic amines is 1. The SMILES string of the molecule is Cc1ccc(-c2cc(C(=O)N3CCN(S(=O)(=O)c4ccc(Br)cc4)CC3)n[nH]2)o1. The third kappa shape index (κ3) is 4.00. The topological polar surface area (TPSA) is 99.5 Å². The van der Waals surface area contributed by atoms with E-state index in [0.29, 0.717) is 24.5 Å². The number of piperazine rings is 1. The Morgan fingerprint density at radius 3 is 2.41 bits per heavy atom. The lowest BCUT2D eigenvalue weighted by molar-refractivity contribution is 0.0692. The van der Waals surface area contributed by atoms with E-state index in [2.05, 4.69) is 26.1 Å². The summed E-state index contributed by atoms with van der Waals surface area (Å²) in [4.78, 5) is 14.6. The van der Waals surface area contributed by atoms with Crippen molar-refractivity contribution in [2.45, 2.75) is 11.8 Å². The predicted octanol–water partition coefficient (Wildman–Crippen LogP) is 2.89. The number of halogens is 1. The van der Waals surface area contributed by atoms with Crippen LogP contribution in [-0.2, 0) is 10.0 Å². The third-order valence-corrected chi connectivity index (χ3v) is 7.22. The molecule has 0 radical (unpaired) electrons. The van der Waals surface area contributed by atoms with Crippen molar-refractivity contribution in [2.24, 2.45) is 0 Å². The molecule has 0 spiro atoms. The minimum Gasteiger partial charge on any atom is -0.460 e. The molecule has 1 aromatic carbocycles. The summed E-state index contributed by atoms with van der Waals surface area (Å²) in [7, 11) is -3.58. The van der Waals surface area contributed by atoms with Gasteiger partial charge in [-0.3, -0.25) is 9.89 Å². The van der Waals surface area contributed by atoms with E-state index in [-0.39, 0.29) is 29.6 Å². The van der Waals surface area contributed by atoms with Crippen LogP contribution in [0.4, 0.5) is 0 Å². The molecule has 8 nitrogen and oxygen atoms in total. The summed E-state index contributed by atoms with van der Waals surface area (Å²) < 4.78 is 33.3. The van der Waals surface area contributed by atoms with Crippen molar-refractivity contribution in [1.82, 2.24) is 19.4 Å². The fraction of sp³-hybridized carbons (Fsp3) is 0.263. The highest BCUT2D eigenvalue weighted by Gasteiger charge is 2.31. The number of carbonyl (C=O) groups excluding carboxylic acids is 1. The van der Waals surface area contributed by atoms with Gasteiger partial charge in [-0.2, -0.15) is 9.40 Å². The van der Waals surface area contributed by atoms with Gasteiger partial charge in [0.2, 0.25) is 10.0 Å². The highest BCUT2D eigenvalue weighted by atomic mass is 79.9. The Bertz CT molecular complexity index is 1130. The second kappa shape index (κ2) is 7.77. The lowest BCUT2D eigenvalue weighted by Crippen LogP contribution is -2.50. The molecule has 0 bridgehead atoms. The van der Waals surface area contributed by atoms with Crippen LogP contribution in [0.15, 0.2) is 56.2 Å². The first kappa shape index (κ1) is 19.9. The van der Waals surface area contributed by atoms with Crippen molar-refractivity contribution in [3.63, 3.8) is 0 Å². The summed E-state index contributed by atoms with van der Waals surface area (Å²) in [6, 6.07) is 11.8. The van der Waals surface area contributed by atoms with E-state index < -0.39 is 10.0 Å². The molecule has 1 saturated heterocycles. The highest BCUT2D eigenvalue weighted by molar-refractivity contribution is 9.10. The summed E-state index contributed by atoms with van der Waals surface area (Å²) in [5.74, 6) is 1.14. The van der Waals surface area contributed by atoms with Crippen LogP contribution in [0.5, 0.6) is 0 Å². The Kier molecular flexibility index (Phi) is 5.32. The van der Waals surface area contributed by atoms with Gasteiger partial charge in [0.1, 0.15) is 11.5 Å². The number of amides is 1. The maximum Gasteiger partial charge on any atom is 0.274 e. The molecule has 10 heteroatoms. The highest BCUT2D eigenvalue weighted by Crippen LogP contribution is 2.23. The second-order valence-electron chi connectivity index (χ2n) is 6.73. The van der Waals surface area contributed by atoms with Gasteiger partial charge >= 0.3 is 0 Å². The van der Waals surface area contributed by atoms with Crippen LogP contribution in [0.2, 0.25) is 0 Å². The molecule has 1 aliphatic rings. The third-order valence-electron chi connectivity index (χ3n) is 4.78. The van der Waals surface area contributed by atoms with Crippen molar-refractivity contribution in [1.29, 1.82) is 0 Å². The Labute approximate surface area is 176 Å². The quantitative estimate of drug-likeness (QED) is 0.621. The molecule has 1 fully saturated rings. The lowest BCUT2D eigenvalue weighted by Gasteiger charge is -2.33. The number of hydrogen-bond donors (Lipinski definition) is 1. The van der Waals surface area contributed by atoms with Crippen molar-refractivity contribution in [3.8, 4) is 11.5 Å². The van der Waals surface area contributed by atoms with Crippen LogP contribution in [-0.4, -0.2) is 59.9 Å². The average molecular weight is 479 g/mol. The number of nitrogens with one attached hydrogen (secondary N) is 1. The molecule has 1 amide bonds.